The number of aryl methyl sites for hydroxylation is 1. The molecule has 1 aliphatic carbocycles. The van der Waals surface area contributed by atoms with Crippen LogP contribution >= 0.6 is 11.6 Å². The van der Waals surface area contributed by atoms with Crippen molar-refractivity contribution in [3.05, 3.63) is 16.5 Å². The molecule has 0 aliphatic heterocycles. The highest BCUT2D eigenvalue weighted by Gasteiger charge is 2.15. The average Bonchev–Trinajstić information content (AvgIpc) is 2.63. The second-order valence-electron chi connectivity index (χ2n) is 5.09. The highest BCUT2D eigenvalue weighted by atomic mass is 35.5. The second kappa shape index (κ2) is 6.37. The molecule has 0 bridgehead atoms. The number of anilines is 1. The maximum absolute atomic E-state index is 6.16. The third-order valence-corrected chi connectivity index (χ3v) is 4.01. The lowest BCUT2D eigenvalue weighted by Crippen LogP contribution is -2.20. The van der Waals surface area contributed by atoms with Crippen LogP contribution in [0.2, 0.25) is 5.15 Å². The standard InChI is InChI=1S/C14H22ClN3/c1-3-12-17-13(15)10(2)14(18-12)16-11-8-6-4-5-7-9-11/h11H,3-9H2,1-2H3,(H,16,17,18). The summed E-state index contributed by atoms with van der Waals surface area (Å²) in [6.07, 6.45) is 8.65. The van der Waals surface area contributed by atoms with E-state index in [9.17, 15) is 0 Å². The lowest BCUT2D eigenvalue weighted by molar-refractivity contribution is 0.616. The van der Waals surface area contributed by atoms with Gasteiger partial charge in [-0.1, -0.05) is 44.2 Å². The zero-order chi connectivity index (χ0) is 13.0. The maximum atomic E-state index is 6.16. The summed E-state index contributed by atoms with van der Waals surface area (Å²) in [6, 6.07) is 0.543. The number of rotatable bonds is 3. The molecule has 1 aromatic heterocycles. The van der Waals surface area contributed by atoms with Crippen molar-refractivity contribution < 1.29 is 0 Å². The molecule has 1 aromatic rings. The molecular formula is C14H22ClN3. The van der Waals surface area contributed by atoms with Gasteiger partial charge in [0.1, 0.15) is 16.8 Å². The molecule has 1 saturated carbocycles. The minimum atomic E-state index is 0.543. The van der Waals surface area contributed by atoms with Crippen molar-refractivity contribution in [2.75, 3.05) is 5.32 Å². The zero-order valence-corrected chi connectivity index (χ0v) is 12.1. The molecule has 2 rings (SSSR count). The molecule has 1 fully saturated rings. The molecule has 0 spiro atoms. The van der Waals surface area contributed by atoms with Gasteiger partial charge in [-0.25, -0.2) is 9.97 Å². The SMILES string of the molecule is CCc1nc(Cl)c(C)c(NC2CCCCCC2)n1. The van der Waals surface area contributed by atoms with Crippen LogP contribution in [0.5, 0.6) is 0 Å². The first-order valence-corrected chi connectivity index (χ1v) is 7.38. The number of nitrogens with one attached hydrogen (secondary N) is 1. The Morgan fingerprint density at radius 2 is 1.83 bits per heavy atom. The van der Waals surface area contributed by atoms with E-state index in [1.807, 2.05) is 6.92 Å². The van der Waals surface area contributed by atoms with Crippen molar-refractivity contribution in [3.8, 4) is 0 Å². The molecule has 3 nitrogen and oxygen atoms in total. The van der Waals surface area contributed by atoms with Gasteiger partial charge in [-0.2, -0.15) is 0 Å². The van der Waals surface area contributed by atoms with E-state index in [-0.39, 0.29) is 0 Å². The van der Waals surface area contributed by atoms with E-state index in [0.29, 0.717) is 11.2 Å². The Balaban J connectivity index is 2.14. The molecule has 1 N–H and O–H groups in total. The monoisotopic (exact) mass is 267 g/mol. The van der Waals surface area contributed by atoms with E-state index in [1.54, 1.807) is 0 Å². The molecule has 1 aliphatic rings. The Morgan fingerprint density at radius 3 is 2.44 bits per heavy atom. The van der Waals surface area contributed by atoms with Gasteiger partial charge in [0.25, 0.3) is 0 Å². The summed E-state index contributed by atoms with van der Waals surface area (Å²) < 4.78 is 0. The summed E-state index contributed by atoms with van der Waals surface area (Å²) in [5.41, 5.74) is 0.970. The molecule has 0 radical (unpaired) electrons. The fraction of sp³-hybridized carbons (Fsp3) is 0.714. The van der Waals surface area contributed by atoms with Crippen molar-refractivity contribution in [2.45, 2.75) is 64.8 Å². The van der Waals surface area contributed by atoms with Gasteiger partial charge in [-0.05, 0) is 19.8 Å². The van der Waals surface area contributed by atoms with Crippen LogP contribution in [0.3, 0.4) is 0 Å². The fourth-order valence-electron chi connectivity index (χ4n) is 2.45. The summed E-state index contributed by atoms with van der Waals surface area (Å²) in [5, 5.41) is 4.15. The first kappa shape index (κ1) is 13.6. The van der Waals surface area contributed by atoms with Crippen LogP contribution in [-0.4, -0.2) is 16.0 Å². The van der Waals surface area contributed by atoms with Crippen molar-refractivity contribution in [1.82, 2.24) is 9.97 Å². The van der Waals surface area contributed by atoms with E-state index in [4.69, 9.17) is 11.6 Å². The van der Waals surface area contributed by atoms with E-state index in [0.717, 1.165) is 23.6 Å². The predicted molar refractivity (Wildman–Crippen MR) is 76.3 cm³/mol. The number of aromatic nitrogens is 2. The molecule has 4 heteroatoms. The minimum absolute atomic E-state index is 0.543. The largest absolute Gasteiger partial charge is 0.367 e. The van der Waals surface area contributed by atoms with E-state index in [2.05, 4.69) is 22.2 Å². The van der Waals surface area contributed by atoms with Crippen LogP contribution in [0.15, 0.2) is 0 Å². The smallest absolute Gasteiger partial charge is 0.137 e. The van der Waals surface area contributed by atoms with Crippen molar-refractivity contribution >= 4 is 17.4 Å². The second-order valence-corrected chi connectivity index (χ2v) is 5.45. The Hall–Kier alpha value is -0.830. The van der Waals surface area contributed by atoms with E-state index >= 15 is 0 Å². The van der Waals surface area contributed by atoms with Gasteiger partial charge in [0.05, 0.1) is 0 Å². The van der Waals surface area contributed by atoms with E-state index in [1.165, 1.54) is 38.5 Å². The van der Waals surface area contributed by atoms with Crippen LogP contribution in [0.1, 0.15) is 56.8 Å². The normalized spacial score (nSPS) is 17.5. The van der Waals surface area contributed by atoms with Crippen LogP contribution < -0.4 is 5.32 Å². The number of hydrogen-bond donors (Lipinski definition) is 1. The molecule has 100 valence electrons. The first-order valence-electron chi connectivity index (χ1n) is 7.00. The zero-order valence-electron chi connectivity index (χ0n) is 11.3. The molecule has 18 heavy (non-hydrogen) atoms. The Morgan fingerprint density at radius 1 is 1.17 bits per heavy atom. The van der Waals surface area contributed by atoms with Crippen LogP contribution in [0.4, 0.5) is 5.82 Å². The Labute approximate surface area is 114 Å². The maximum Gasteiger partial charge on any atom is 0.137 e. The van der Waals surface area contributed by atoms with Gasteiger partial charge in [-0.15, -0.1) is 0 Å². The van der Waals surface area contributed by atoms with Gasteiger partial charge < -0.3 is 5.32 Å². The molecule has 0 atom stereocenters. The number of hydrogen-bond acceptors (Lipinski definition) is 3. The first-order chi connectivity index (χ1) is 8.70. The lowest BCUT2D eigenvalue weighted by Gasteiger charge is -2.19. The predicted octanol–water partition coefficient (Wildman–Crippen LogP) is 4.14. The fourth-order valence-corrected chi connectivity index (χ4v) is 2.64. The Bertz CT molecular complexity index is 398. The topological polar surface area (TPSA) is 37.8 Å². The summed E-state index contributed by atoms with van der Waals surface area (Å²) in [6.45, 7) is 4.04. The third kappa shape index (κ3) is 3.35. The van der Waals surface area contributed by atoms with Crippen molar-refractivity contribution in [3.63, 3.8) is 0 Å². The molecule has 1 heterocycles. The lowest BCUT2D eigenvalue weighted by atomic mass is 10.1. The summed E-state index contributed by atoms with van der Waals surface area (Å²) >= 11 is 6.16. The van der Waals surface area contributed by atoms with Gasteiger partial charge >= 0.3 is 0 Å². The highest BCUT2D eigenvalue weighted by Crippen LogP contribution is 2.24. The van der Waals surface area contributed by atoms with Gasteiger partial charge in [0.15, 0.2) is 0 Å². The van der Waals surface area contributed by atoms with E-state index < -0.39 is 0 Å². The quantitative estimate of drug-likeness (QED) is 0.661. The Kier molecular flexibility index (Phi) is 4.81. The average molecular weight is 268 g/mol. The van der Waals surface area contributed by atoms with Crippen LogP contribution in [0, 0.1) is 6.92 Å². The molecule has 0 amide bonds. The summed E-state index contributed by atoms with van der Waals surface area (Å²) in [5.74, 6) is 1.75. The number of nitrogens with zero attached hydrogens (tertiary/aromatic N) is 2. The molecular weight excluding hydrogens is 246 g/mol. The summed E-state index contributed by atoms with van der Waals surface area (Å²) in [7, 11) is 0. The molecule has 0 unspecified atom stereocenters. The van der Waals surface area contributed by atoms with Crippen molar-refractivity contribution in [2.24, 2.45) is 0 Å². The molecule has 0 saturated heterocycles. The van der Waals surface area contributed by atoms with Gasteiger partial charge in [0, 0.05) is 18.0 Å². The number of halogens is 1. The minimum Gasteiger partial charge on any atom is -0.367 e. The summed E-state index contributed by atoms with van der Waals surface area (Å²) in [4.78, 5) is 8.85. The highest BCUT2D eigenvalue weighted by molar-refractivity contribution is 6.30. The molecule has 0 aromatic carbocycles. The van der Waals surface area contributed by atoms with Gasteiger partial charge in [0.2, 0.25) is 0 Å². The van der Waals surface area contributed by atoms with Crippen LogP contribution in [-0.2, 0) is 6.42 Å². The van der Waals surface area contributed by atoms with Crippen molar-refractivity contribution in [1.29, 1.82) is 0 Å². The van der Waals surface area contributed by atoms with Gasteiger partial charge in [-0.3, -0.25) is 0 Å². The third-order valence-electron chi connectivity index (χ3n) is 3.64. The van der Waals surface area contributed by atoms with Crippen LogP contribution in [0.25, 0.3) is 0 Å².